The third-order valence-electron chi connectivity index (χ3n) is 3.77. The van der Waals surface area contributed by atoms with E-state index in [-0.39, 0.29) is 11.3 Å². The molecule has 19 heavy (non-hydrogen) atoms. The van der Waals surface area contributed by atoms with Crippen LogP contribution >= 0.6 is 34.8 Å². The number of hydrogen-bond donors (Lipinski definition) is 1. The van der Waals surface area contributed by atoms with Crippen LogP contribution in [0.1, 0.15) is 36.0 Å². The van der Waals surface area contributed by atoms with Gasteiger partial charge in [0.25, 0.3) is 5.91 Å². The Bertz CT molecular complexity index is 470. The molecule has 0 unspecified atom stereocenters. The maximum atomic E-state index is 12.1. The van der Waals surface area contributed by atoms with Crippen molar-refractivity contribution >= 4 is 40.7 Å². The summed E-state index contributed by atoms with van der Waals surface area (Å²) in [6.45, 7) is 0.595. The van der Waals surface area contributed by atoms with Crippen LogP contribution in [0, 0.1) is 5.41 Å². The molecular weight excluding hydrogens is 305 g/mol. The van der Waals surface area contributed by atoms with Crippen molar-refractivity contribution in [3.63, 3.8) is 0 Å². The lowest BCUT2D eigenvalue weighted by Crippen LogP contribution is -2.37. The molecule has 0 bridgehead atoms. The molecule has 1 aliphatic rings. The van der Waals surface area contributed by atoms with E-state index in [0.29, 0.717) is 28.0 Å². The molecule has 104 valence electrons. The molecule has 0 radical (unpaired) electrons. The average Bonchev–Trinajstić information content (AvgIpc) is 2.89. The molecule has 5 heteroatoms. The summed E-state index contributed by atoms with van der Waals surface area (Å²) in [6.07, 6.45) is 4.50. The van der Waals surface area contributed by atoms with Gasteiger partial charge in [-0.3, -0.25) is 4.79 Å². The Hall–Kier alpha value is -0.440. The second-order valence-electron chi connectivity index (χ2n) is 5.12. The van der Waals surface area contributed by atoms with Gasteiger partial charge in [-0.15, -0.1) is 11.6 Å². The number of alkyl halides is 1. The van der Waals surface area contributed by atoms with Crippen LogP contribution in [-0.2, 0) is 0 Å². The molecule has 1 aromatic carbocycles. The topological polar surface area (TPSA) is 29.1 Å². The van der Waals surface area contributed by atoms with E-state index in [1.807, 2.05) is 0 Å². The highest BCUT2D eigenvalue weighted by Gasteiger charge is 2.33. The quantitative estimate of drug-likeness (QED) is 0.812. The van der Waals surface area contributed by atoms with E-state index < -0.39 is 0 Å². The van der Waals surface area contributed by atoms with Gasteiger partial charge in [0, 0.05) is 17.8 Å². The van der Waals surface area contributed by atoms with Gasteiger partial charge in [-0.1, -0.05) is 42.1 Å². The van der Waals surface area contributed by atoms with E-state index in [4.69, 9.17) is 34.8 Å². The van der Waals surface area contributed by atoms with Crippen LogP contribution in [0.3, 0.4) is 0 Å². The smallest absolute Gasteiger partial charge is 0.252 e. The van der Waals surface area contributed by atoms with E-state index in [1.165, 1.54) is 12.8 Å². The van der Waals surface area contributed by atoms with Gasteiger partial charge in [0.1, 0.15) is 0 Å². The third kappa shape index (κ3) is 3.36. The first-order valence-corrected chi connectivity index (χ1v) is 7.65. The van der Waals surface area contributed by atoms with E-state index in [2.05, 4.69) is 5.32 Å². The molecule has 0 saturated heterocycles. The molecule has 1 aromatic rings. The van der Waals surface area contributed by atoms with Gasteiger partial charge in [-0.25, -0.2) is 0 Å². The fourth-order valence-corrected chi connectivity index (χ4v) is 3.27. The summed E-state index contributed by atoms with van der Waals surface area (Å²) in [6, 6.07) is 5.06. The van der Waals surface area contributed by atoms with Crippen LogP contribution in [0.5, 0.6) is 0 Å². The molecule has 0 atom stereocenters. The van der Waals surface area contributed by atoms with Crippen molar-refractivity contribution in [1.29, 1.82) is 0 Å². The molecule has 1 fully saturated rings. The predicted molar refractivity (Wildman–Crippen MR) is 80.4 cm³/mol. The largest absolute Gasteiger partial charge is 0.351 e. The number of rotatable bonds is 4. The normalized spacial score (nSPS) is 17.4. The molecule has 2 rings (SSSR count). The molecule has 0 aliphatic heterocycles. The molecular formula is C14H16Cl3NO. The third-order valence-corrected chi connectivity index (χ3v) is 5.15. The van der Waals surface area contributed by atoms with Gasteiger partial charge < -0.3 is 5.32 Å². The van der Waals surface area contributed by atoms with Crippen molar-refractivity contribution in [1.82, 2.24) is 5.32 Å². The fraction of sp³-hybridized carbons (Fsp3) is 0.500. The van der Waals surface area contributed by atoms with Gasteiger partial charge in [-0.2, -0.15) is 0 Å². The van der Waals surface area contributed by atoms with Crippen LogP contribution in [0.15, 0.2) is 18.2 Å². The Labute approximate surface area is 128 Å². The zero-order valence-electron chi connectivity index (χ0n) is 10.5. The maximum Gasteiger partial charge on any atom is 0.252 e. The van der Waals surface area contributed by atoms with E-state index in [9.17, 15) is 4.79 Å². The summed E-state index contributed by atoms with van der Waals surface area (Å²) in [5.41, 5.74) is 0.458. The first kappa shape index (κ1) is 15.0. The first-order chi connectivity index (χ1) is 9.08. The van der Waals surface area contributed by atoms with Crippen LogP contribution in [0.25, 0.3) is 0 Å². The molecule has 0 heterocycles. The standard InChI is InChI=1S/C14H16Cl3NO/c15-8-14(6-1-2-7-14)9-18-13(19)10-4-3-5-11(16)12(10)17/h3-5H,1-2,6-9H2,(H,18,19). The van der Waals surface area contributed by atoms with Crippen molar-refractivity contribution in [2.45, 2.75) is 25.7 Å². The minimum atomic E-state index is -0.191. The number of benzene rings is 1. The maximum absolute atomic E-state index is 12.1. The molecule has 2 nitrogen and oxygen atoms in total. The van der Waals surface area contributed by atoms with E-state index >= 15 is 0 Å². The summed E-state index contributed by atoms with van der Waals surface area (Å²) < 4.78 is 0. The highest BCUT2D eigenvalue weighted by molar-refractivity contribution is 6.43. The van der Waals surface area contributed by atoms with Crippen molar-refractivity contribution < 1.29 is 4.79 Å². The average molecular weight is 321 g/mol. The number of carbonyl (C=O) groups is 1. The van der Waals surface area contributed by atoms with Crippen molar-refractivity contribution in [3.05, 3.63) is 33.8 Å². The van der Waals surface area contributed by atoms with E-state index in [0.717, 1.165) is 12.8 Å². The molecule has 1 amide bonds. The molecule has 0 spiro atoms. The summed E-state index contributed by atoms with van der Waals surface area (Å²) in [5.74, 6) is 0.389. The number of amides is 1. The van der Waals surface area contributed by atoms with Gasteiger partial charge >= 0.3 is 0 Å². The molecule has 1 aliphatic carbocycles. The van der Waals surface area contributed by atoms with Gasteiger partial charge in [-0.05, 0) is 25.0 Å². The lowest BCUT2D eigenvalue weighted by Gasteiger charge is -2.26. The first-order valence-electron chi connectivity index (χ1n) is 6.36. The van der Waals surface area contributed by atoms with Crippen LogP contribution in [0.4, 0.5) is 0 Å². The lowest BCUT2D eigenvalue weighted by molar-refractivity contribution is 0.0935. The second-order valence-corrected chi connectivity index (χ2v) is 6.18. The number of nitrogens with one attached hydrogen (secondary N) is 1. The fourth-order valence-electron chi connectivity index (χ4n) is 2.52. The summed E-state index contributed by atoms with van der Waals surface area (Å²) >= 11 is 18.0. The predicted octanol–water partition coefficient (Wildman–Crippen LogP) is 4.52. The summed E-state index contributed by atoms with van der Waals surface area (Å²) in [5, 5.41) is 3.62. The molecule has 1 N–H and O–H groups in total. The van der Waals surface area contributed by atoms with Gasteiger partial charge in [0.05, 0.1) is 15.6 Å². The monoisotopic (exact) mass is 319 g/mol. The van der Waals surface area contributed by atoms with E-state index in [1.54, 1.807) is 18.2 Å². The van der Waals surface area contributed by atoms with Crippen molar-refractivity contribution in [2.75, 3.05) is 12.4 Å². The Balaban J connectivity index is 2.03. The Morgan fingerprint density at radius 3 is 2.58 bits per heavy atom. The van der Waals surface area contributed by atoms with Crippen LogP contribution in [0.2, 0.25) is 10.0 Å². The second kappa shape index (κ2) is 6.34. The summed E-state index contributed by atoms with van der Waals surface area (Å²) in [7, 11) is 0. The zero-order valence-corrected chi connectivity index (χ0v) is 12.8. The van der Waals surface area contributed by atoms with Crippen LogP contribution in [-0.4, -0.2) is 18.3 Å². The highest BCUT2D eigenvalue weighted by atomic mass is 35.5. The molecule has 0 aromatic heterocycles. The zero-order chi connectivity index (χ0) is 13.9. The Morgan fingerprint density at radius 1 is 1.26 bits per heavy atom. The number of halogens is 3. The minimum Gasteiger partial charge on any atom is -0.351 e. The lowest BCUT2D eigenvalue weighted by atomic mass is 9.88. The Kier molecular flexibility index (Phi) is 4.99. The number of hydrogen-bond acceptors (Lipinski definition) is 1. The van der Waals surface area contributed by atoms with Crippen molar-refractivity contribution in [2.24, 2.45) is 5.41 Å². The molecule has 1 saturated carbocycles. The SMILES string of the molecule is O=C(NCC1(CCl)CCCC1)c1cccc(Cl)c1Cl. The minimum absolute atomic E-state index is 0.0439. The highest BCUT2D eigenvalue weighted by Crippen LogP contribution is 2.38. The van der Waals surface area contributed by atoms with Crippen LogP contribution < -0.4 is 5.32 Å². The van der Waals surface area contributed by atoms with Gasteiger partial charge in [0.15, 0.2) is 0 Å². The number of carbonyl (C=O) groups excluding carboxylic acids is 1. The Morgan fingerprint density at radius 2 is 1.95 bits per heavy atom. The van der Waals surface area contributed by atoms with Crippen molar-refractivity contribution in [3.8, 4) is 0 Å². The van der Waals surface area contributed by atoms with Gasteiger partial charge in [0.2, 0.25) is 0 Å². The summed E-state index contributed by atoms with van der Waals surface area (Å²) in [4.78, 5) is 12.1.